The standard InChI is InChI=1S/C27H38N2O2/c1-8-26(4,5)21-14-13-20(24(15-21)27(6,7)9-2)18-31-23-12-10-11-22(16-23)29-17-19(3)25(30)28-29/h10-16,19H,8-9,17-18H2,1-7H3,(H,28,30). The van der Waals surface area contributed by atoms with Crippen molar-refractivity contribution in [3.8, 4) is 5.75 Å². The van der Waals surface area contributed by atoms with Gasteiger partial charge in [-0.05, 0) is 52.5 Å². The van der Waals surface area contributed by atoms with Crippen molar-refractivity contribution in [2.75, 3.05) is 11.6 Å². The molecule has 0 bridgehead atoms. The van der Waals surface area contributed by atoms with Crippen LogP contribution in [0, 0.1) is 5.92 Å². The number of rotatable bonds is 8. The molecule has 168 valence electrons. The molecule has 3 rings (SSSR count). The van der Waals surface area contributed by atoms with Crippen LogP contribution >= 0.6 is 0 Å². The van der Waals surface area contributed by atoms with Crippen molar-refractivity contribution in [1.29, 1.82) is 0 Å². The molecule has 1 aliphatic heterocycles. The zero-order valence-electron chi connectivity index (χ0n) is 20.2. The summed E-state index contributed by atoms with van der Waals surface area (Å²) in [5.74, 6) is 0.867. The first-order valence-corrected chi connectivity index (χ1v) is 11.5. The van der Waals surface area contributed by atoms with E-state index >= 15 is 0 Å². The summed E-state index contributed by atoms with van der Waals surface area (Å²) in [7, 11) is 0. The first kappa shape index (κ1) is 23.2. The smallest absolute Gasteiger partial charge is 0.243 e. The molecular weight excluding hydrogens is 384 g/mol. The molecule has 1 fully saturated rings. The zero-order chi connectivity index (χ0) is 22.8. The normalized spacial score (nSPS) is 17.1. The first-order chi connectivity index (χ1) is 14.6. The Hall–Kier alpha value is -2.49. The van der Waals surface area contributed by atoms with Gasteiger partial charge in [0.2, 0.25) is 5.91 Å². The number of nitrogens with zero attached hydrogens (tertiary/aromatic N) is 1. The van der Waals surface area contributed by atoms with Crippen LogP contribution in [0.2, 0.25) is 0 Å². The lowest BCUT2D eigenvalue weighted by molar-refractivity contribution is -0.121. The SMILES string of the molecule is CCC(C)(C)c1ccc(COc2cccc(N3CC(C)C(=O)N3)c2)c(C(C)(C)CC)c1. The van der Waals surface area contributed by atoms with Crippen molar-refractivity contribution >= 4 is 11.6 Å². The third kappa shape index (κ3) is 5.06. The van der Waals surface area contributed by atoms with Crippen LogP contribution in [0.1, 0.15) is 78.0 Å². The Morgan fingerprint density at radius 2 is 1.74 bits per heavy atom. The molecule has 1 unspecified atom stereocenters. The highest BCUT2D eigenvalue weighted by atomic mass is 16.5. The van der Waals surface area contributed by atoms with Crippen LogP contribution in [0.15, 0.2) is 42.5 Å². The van der Waals surface area contributed by atoms with Gasteiger partial charge in [0, 0.05) is 6.07 Å². The summed E-state index contributed by atoms with van der Waals surface area (Å²) in [6.45, 7) is 16.9. The van der Waals surface area contributed by atoms with Gasteiger partial charge in [-0.3, -0.25) is 15.2 Å². The Balaban J connectivity index is 1.83. The maximum atomic E-state index is 11.8. The summed E-state index contributed by atoms with van der Waals surface area (Å²) >= 11 is 0. The second-order valence-corrected chi connectivity index (χ2v) is 10.1. The van der Waals surface area contributed by atoms with Crippen LogP contribution in [0.5, 0.6) is 5.75 Å². The number of hydrogen-bond acceptors (Lipinski definition) is 3. The summed E-state index contributed by atoms with van der Waals surface area (Å²) in [6.07, 6.45) is 2.17. The first-order valence-electron chi connectivity index (χ1n) is 11.5. The van der Waals surface area contributed by atoms with Gasteiger partial charge >= 0.3 is 0 Å². The van der Waals surface area contributed by atoms with Crippen molar-refractivity contribution in [2.45, 2.75) is 78.7 Å². The number of carbonyl (C=O) groups is 1. The molecule has 1 atom stereocenters. The highest BCUT2D eigenvalue weighted by Gasteiger charge is 2.28. The third-order valence-electron chi connectivity index (χ3n) is 7.06. The molecular formula is C27H38N2O2. The monoisotopic (exact) mass is 422 g/mol. The summed E-state index contributed by atoms with van der Waals surface area (Å²) in [6, 6.07) is 14.8. The quantitative estimate of drug-likeness (QED) is 0.556. The van der Waals surface area contributed by atoms with Crippen LogP contribution in [0.25, 0.3) is 0 Å². The molecule has 1 heterocycles. The molecule has 0 aliphatic carbocycles. The van der Waals surface area contributed by atoms with Gasteiger partial charge in [-0.25, -0.2) is 0 Å². The average molecular weight is 423 g/mol. The van der Waals surface area contributed by atoms with E-state index in [0.29, 0.717) is 13.2 Å². The van der Waals surface area contributed by atoms with E-state index in [0.717, 1.165) is 24.3 Å². The summed E-state index contributed by atoms with van der Waals surface area (Å²) < 4.78 is 6.24. The molecule has 1 N–H and O–H groups in total. The van der Waals surface area contributed by atoms with Gasteiger partial charge in [-0.1, -0.05) is 72.7 Å². The minimum Gasteiger partial charge on any atom is -0.489 e. The highest BCUT2D eigenvalue weighted by Crippen LogP contribution is 2.35. The van der Waals surface area contributed by atoms with Crippen molar-refractivity contribution < 1.29 is 9.53 Å². The second kappa shape index (κ2) is 8.94. The van der Waals surface area contributed by atoms with Crippen molar-refractivity contribution in [3.05, 3.63) is 59.2 Å². The van der Waals surface area contributed by atoms with E-state index < -0.39 is 0 Å². The number of amides is 1. The van der Waals surface area contributed by atoms with Gasteiger partial charge < -0.3 is 4.74 Å². The fraction of sp³-hybridized carbons (Fsp3) is 0.519. The predicted octanol–water partition coefficient (Wildman–Crippen LogP) is 6.13. The lowest BCUT2D eigenvalue weighted by Gasteiger charge is -2.31. The molecule has 31 heavy (non-hydrogen) atoms. The van der Waals surface area contributed by atoms with Crippen LogP contribution in [0.3, 0.4) is 0 Å². The summed E-state index contributed by atoms with van der Waals surface area (Å²) in [5.41, 5.74) is 8.09. The summed E-state index contributed by atoms with van der Waals surface area (Å²) in [5, 5.41) is 1.90. The van der Waals surface area contributed by atoms with Gasteiger partial charge in [-0.15, -0.1) is 0 Å². The molecule has 1 aliphatic rings. The Labute approximate surface area is 188 Å². The van der Waals surface area contributed by atoms with E-state index in [9.17, 15) is 4.79 Å². The van der Waals surface area contributed by atoms with E-state index in [1.807, 2.05) is 36.2 Å². The zero-order valence-corrected chi connectivity index (χ0v) is 20.2. The topological polar surface area (TPSA) is 41.6 Å². The Morgan fingerprint density at radius 3 is 2.35 bits per heavy atom. The number of carbonyl (C=O) groups excluding carboxylic acids is 1. The minimum absolute atomic E-state index is 0.00528. The van der Waals surface area contributed by atoms with Gasteiger partial charge in [-0.2, -0.15) is 0 Å². The number of hydrazine groups is 1. The number of nitrogens with one attached hydrogen (secondary N) is 1. The fourth-order valence-corrected chi connectivity index (χ4v) is 3.87. The predicted molar refractivity (Wildman–Crippen MR) is 129 cm³/mol. The molecule has 2 aromatic carbocycles. The van der Waals surface area contributed by atoms with Crippen LogP contribution in [-0.2, 0) is 22.2 Å². The van der Waals surface area contributed by atoms with E-state index in [-0.39, 0.29) is 22.7 Å². The van der Waals surface area contributed by atoms with Gasteiger partial charge in [0.05, 0.1) is 18.2 Å². The molecule has 4 heteroatoms. The Morgan fingerprint density at radius 1 is 1.03 bits per heavy atom. The molecule has 4 nitrogen and oxygen atoms in total. The number of benzene rings is 2. The number of ether oxygens (including phenoxy) is 1. The average Bonchev–Trinajstić information content (AvgIpc) is 3.10. The molecule has 1 amide bonds. The molecule has 0 saturated carbocycles. The lowest BCUT2D eigenvalue weighted by Crippen LogP contribution is -2.32. The third-order valence-corrected chi connectivity index (χ3v) is 7.06. The van der Waals surface area contributed by atoms with Crippen LogP contribution in [-0.4, -0.2) is 12.5 Å². The lowest BCUT2D eigenvalue weighted by atomic mass is 9.75. The van der Waals surface area contributed by atoms with Gasteiger partial charge in [0.15, 0.2) is 0 Å². The van der Waals surface area contributed by atoms with Crippen molar-refractivity contribution in [1.82, 2.24) is 5.43 Å². The second-order valence-electron chi connectivity index (χ2n) is 10.1. The maximum absolute atomic E-state index is 11.8. The molecule has 1 saturated heterocycles. The van der Waals surface area contributed by atoms with E-state index in [4.69, 9.17) is 4.74 Å². The summed E-state index contributed by atoms with van der Waals surface area (Å²) in [4.78, 5) is 11.8. The molecule has 0 radical (unpaired) electrons. The van der Waals surface area contributed by atoms with Crippen LogP contribution in [0.4, 0.5) is 5.69 Å². The number of anilines is 1. The molecule has 2 aromatic rings. The highest BCUT2D eigenvalue weighted by molar-refractivity contribution is 5.83. The molecule has 0 spiro atoms. The van der Waals surface area contributed by atoms with Gasteiger partial charge in [0.25, 0.3) is 0 Å². The van der Waals surface area contributed by atoms with E-state index in [1.54, 1.807) is 0 Å². The van der Waals surface area contributed by atoms with Crippen molar-refractivity contribution in [2.24, 2.45) is 5.92 Å². The largest absolute Gasteiger partial charge is 0.489 e. The maximum Gasteiger partial charge on any atom is 0.243 e. The van der Waals surface area contributed by atoms with E-state index in [1.165, 1.54) is 16.7 Å². The van der Waals surface area contributed by atoms with Gasteiger partial charge in [0.1, 0.15) is 12.4 Å². The Kier molecular flexibility index (Phi) is 6.68. The number of hydrogen-bond donors (Lipinski definition) is 1. The van der Waals surface area contributed by atoms with Crippen molar-refractivity contribution in [3.63, 3.8) is 0 Å². The van der Waals surface area contributed by atoms with E-state index in [2.05, 4.69) is 65.2 Å². The van der Waals surface area contributed by atoms with Crippen LogP contribution < -0.4 is 15.2 Å². The molecule has 0 aromatic heterocycles. The fourth-order valence-electron chi connectivity index (χ4n) is 3.87. The minimum atomic E-state index is -0.00528. The Bertz CT molecular complexity index is 933.